The van der Waals surface area contributed by atoms with Crippen molar-refractivity contribution in [3.63, 3.8) is 0 Å². The standard InChI is InChI=1S/C8H7BrF2O2S/c9-5-1-6(14-4-5)2-8(10,11)3-7(12)13/h1,4H,2-3H2,(H,12,13). The smallest absolute Gasteiger partial charge is 0.309 e. The van der Waals surface area contributed by atoms with E-state index >= 15 is 0 Å². The normalized spacial score (nSPS) is 11.6. The molecular weight excluding hydrogens is 278 g/mol. The van der Waals surface area contributed by atoms with Gasteiger partial charge in [0, 0.05) is 21.2 Å². The lowest BCUT2D eigenvalue weighted by atomic mass is 10.1. The first kappa shape index (κ1) is 11.6. The Morgan fingerprint density at radius 2 is 2.29 bits per heavy atom. The highest BCUT2D eigenvalue weighted by Crippen LogP contribution is 2.28. The Balaban J connectivity index is 2.63. The lowest BCUT2D eigenvalue weighted by Gasteiger charge is -2.11. The molecule has 1 rings (SSSR count). The monoisotopic (exact) mass is 284 g/mol. The summed E-state index contributed by atoms with van der Waals surface area (Å²) >= 11 is 4.32. The van der Waals surface area contributed by atoms with E-state index in [1.54, 1.807) is 11.4 Å². The van der Waals surface area contributed by atoms with Crippen LogP contribution in [0, 0.1) is 0 Å². The molecule has 78 valence electrons. The van der Waals surface area contributed by atoms with E-state index in [4.69, 9.17) is 5.11 Å². The van der Waals surface area contributed by atoms with Gasteiger partial charge in [-0.1, -0.05) is 0 Å². The predicted octanol–water partition coefficient (Wildman–Crippen LogP) is 3.16. The molecule has 2 nitrogen and oxygen atoms in total. The number of carbonyl (C=O) groups is 1. The minimum atomic E-state index is -3.17. The number of carboxylic acids is 1. The minimum Gasteiger partial charge on any atom is -0.481 e. The number of thiophene rings is 1. The maximum Gasteiger partial charge on any atom is 0.309 e. The average Bonchev–Trinajstić information content (AvgIpc) is 2.30. The fraction of sp³-hybridized carbons (Fsp3) is 0.375. The van der Waals surface area contributed by atoms with E-state index in [1.165, 1.54) is 11.3 Å². The van der Waals surface area contributed by atoms with Crippen molar-refractivity contribution in [2.75, 3.05) is 0 Å². The van der Waals surface area contributed by atoms with Crippen molar-refractivity contribution >= 4 is 33.2 Å². The van der Waals surface area contributed by atoms with Crippen LogP contribution in [0.2, 0.25) is 0 Å². The Morgan fingerprint density at radius 1 is 1.64 bits per heavy atom. The third-order valence-electron chi connectivity index (χ3n) is 1.46. The number of hydrogen-bond acceptors (Lipinski definition) is 2. The average molecular weight is 285 g/mol. The number of aliphatic carboxylic acids is 1. The summed E-state index contributed by atoms with van der Waals surface area (Å²) in [6.07, 6.45) is -1.64. The highest BCUT2D eigenvalue weighted by Gasteiger charge is 2.32. The van der Waals surface area contributed by atoms with Crippen LogP contribution < -0.4 is 0 Å². The summed E-state index contributed by atoms with van der Waals surface area (Å²) in [6, 6.07) is 1.57. The van der Waals surface area contributed by atoms with Crippen molar-refractivity contribution in [1.29, 1.82) is 0 Å². The molecule has 0 aliphatic carbocycles. The van der Waals surface area contributed by atoms with Crippen LogP contribution in [0.25, 0.3) is 0 Å². The predicted molar refractivity (Wildman–Crippen MR) is 52.9 cm³/mol. The summed E-state index contributed by atoms with van der Waals surface area (Å²) in [5, 5.41) is 9.93. The number of rotatable bonds is 4. The van der Waals surface area contributed by atoms with E-state index in [2.05, 4.69) is 15.9 Å². The molecule has 0 amide bonds. The molecule has 14 heavy (non-hydrogen) atoms. The topological polar surface area (TPSA) is 37.3 Å². The Hall–Kier alpha value is -0.490. The molecular formula is C8H7BrF2O2S. The van der Waals surface area contributed by atoms with Crippen LogP contribution >= 0.6 is 27.3 Å². The van der Waals surface area contributed by atoms with E-state index < -0.39 is 24.7 Å². The van der Waals surface area contributed by atoms with Crippen LogP contribution in [0.5, 0.6) is 0 Å². The second-order valence-electron chi connectivity index (χ2n) is 2.83. The molecule has 0 atom stereocenters. The van der Waals surface area contributed by atoms with Gasteiger partial charge in [-0.3, -0.25) is 4.79 Å². The van der Waals surface area contributed by atoms with Gasteiger partial charge in [-0.25, -0.2) is 8.78 Å². The molecule has 0 saturated heterocycles. The van der Waals surface area contributed by atoms with Gasteiger partial charge >= 0.3 is 5.97 Å². The summed E-state index contributed by atoms with van der Waals surface area (Å²) in [5.74, 6) is -4.65. The van der Waals surface area contributed by atoms with E-state index in [0.717, 1.165) is 4.47 Å². The van der Waals surface area contributed by atoms with Crippen molar-refractivity contribution in [2.45, 2.75) is 18.8 Å². The Kier molecular flexibility index (Phi) is 3.60. The molecule has 0 bridgehead atoms. The van der Waals surface area contributed by atoms with Crippen molar-refractivity contribution in [1.82, 2.24) is 0 Å². The van der Waals surface area contributed by atoms with Crippen molar-refractivity contribution < 1.29 is 18.7 Å². The van der Waals surface area contributed by atoms with Gasteiger partial charge in [0.05, 0.1) is 0 Å². The van der Waals surface area contributed by atoms with Crippen LogP contribution in [0.1, 0.15) is 11.3 Å². The molecule has 0 unspecified atom stereocenters. The van der Waals surface area contributed by atoms with Crippen LogP contribution in [0.4, 0.5) is 8.78 Å². The molecule has 0 aliphatic heterocycles. The first-order valence-corrected chi connectivity index (χ1v) is 5.39. The zero-order chi connectivity index (χ0) is 10.8. The van der Waals surface area contributed by atoms with Gasteiger partial charge in [0.15, 0.2) is 0 Å². The molecule has 1 N–H and O–H groups in total. The fourth-order valence-corrected chi connectivity index (χ4v) is 2.51. The van der Waals surface area contributed by atoms with Crippen LogP contribution in [-0.2, 0) is 11.2 Å². The van der Waals surface area contributed by atoms with Gasteiger partial charge in [-0.15, -0.1) is 11.3 Å². The molecule has 1 heterocycles. The first-order valence-electron chi connectivity index (χ1n) is 3.71. The Labute approximate surface area is 91.7 Å². The maximum absolute atomic E-state index is 13.0. The summed E-state index contributed by atoms with van der Waals surface area (Å²) < 4.78 is 26.7. The van der Waals surface area contributed by atoms with Gasteiger partial charge < -0.3 is 5.11 Å². The van der Waals surface area contributed by atoms with E-state index in [0.29, 0.717) is 4.88 Å². The van der Waals surface area contributed by atoms with Gasteiger partial charge in [-0.2, -0.15) is 0 Å². The Morgan fingerprint density at radius 3 is 2.71 bits per heavy atom. The molecule has 6 heteroatoms. The number of halogens is 3. The van der Waals surface area contributed by atoms with Gasteiger partial charge in [0.2, 0.25) is 0 Å². The summed E-state index contributed by atoms with van der Waals surface area (Å²) in [5.41, 5.74) is 0. The highest BCUT2D eigenvalue weighted by atomic mass is 79.9. The molecule has 0 radical (unpaired) electrons. The number of alkyl halides is 2. The quantitative estimate of drug-likeness (QED) is 0.922. The number of carboxylic acid groups (broad SMARTS) is 1. The fourth-order valence-electron chi connectivity index (χ4n) is 0.985. The van der Waals surface area contributed by atoms with Gasteiger partial charge in [0.25, 0.3) is 5.92 Å². The largest absolute Gasteiger partial charge is 0.481 e. The van der Waals surface area contributed by atoms with E-state index in [1.807, 2.05) is 0 Å². The molecule has 0 fully saturated rings. The van der Waals surface area contributed by atoms with Crippen molar-refractivity contribution in [2.24, 2.45) is 0 Å². The zero-order valence-electron chi connectivity index (χ0n) is 6.97. The van der Waals surface area contributed by atoms with E-state index in [-0.39, 0.29) is 0 Å². The first-order chi connectivity index (χ1) is 6.39. The van der Waals surface area contributed by atoms with Gasteiger partial charge in [0.1, 0.15) is 6.42 Å². The lowest BCUT2D eigenvalue weighted by molar-refractivity contribution is -0.144. The molecule has 0 saturated carbocycles. The van der Waals surface area contributed by atoms with Crippen LogP contribution in [-0.4, -0.2) is 17.0 Å². The van der Waals surface area contributed by atoms with E-state index in [9.17, 15) is 13.6 Å². The van der Waals surface area contributed by atoms with Crippen LogP contribution in [0.3, 0.4) is 0 Å². The highest BCUT2D eigenvalue weighted by molar-refractivity contribution is 9.10. The summed E-state index contributed by atoms with van der Waals surface area (Å²) in [4.78, 5) is 10.6. The second kappa shape index (κ2) is 4.35. The van der Waals surface area contributed by atoms with Crippen molar-refractivity contribution in [3.8, 4) is 0 Å². The molecule has 1 aromatic heterocycles. The maximum atomic E-state index is 13.0. The summed E-state index contributed by atoms with van der Waals surface area (Å²) in [6.45, 7) is 0. The summed E-state index contributed by atoms with van der Waals surface area (Å²) in [7, 11) is 0. The SMILES string of the molecule is O=C(O)CC(F)(F)Cc1cc(Br)cs1. The zero-order valence-corrected chi connectivity index (χ0v) is 9.37. The molecule has 0 spiro atoms. The van der Waals surface area contributed by atoms with Crippen molar-refractivity contribution in [3.05, 3.63) is 20.8 Å². The van der Waals surface area contributed by atoms with Gasteiger partial charge in [-0.05, 0) is 22.0 Å². The minimum absolute atomic E-state index is 0.475. The molecule has 0 aliphatic rings. The molecule has 0 aromatic carbocycles. The second-order valence-corrected chi connectivity index (χ2v) is 4.75. The molecule has 1 aromatic rings. The lowest BCUT2D eigenvalue weighted by Crippen LogP contribution is -2.23. The third kappa shape index (κ3) is 3.71. The van der Waals surface area contributed by atoms with Crippen LogP contribution in [0.15, 0.2) is 15.9 Å². The third-order valence-corrected chi connectivity index (χ3v) is 3.16. The number of hydrogen-bond donors (Lipinski definition) is 1. The Bertz CT molecular complexity index is 338.